The molecule has 0 radical (unpaired) electrons. The second kappa shape index (κ2) is 7.88. The van der Waals surface area contributed by atoms with Gasteiger partial charge >= 0.3 is 0 Å². The average molecular weight is 368 g/mol. The Labute approximate surface area is 155 Å². The van der Waals surface area contributed by atoms with E-state index in [-0.39, 0.29) is 5.78 Å². The van der Waals surface area contributed by atoms with Gasteiger partial charge in [0.05, 0.1) is 17.6 Å². The van der Waals surface area contributed by atoms with Crippen molar-refractivity contribution in [1.82, 2.24) is 4.98 Å². The van der Waals surface area contributed by atoms with Gasteiger partial charge in [0.1, 0.15) is 0 Å². The number of aromatic nitrogens is 1. The van der Waals surface area contributed by atoms with Crippen LogP contribution in [0.4, 0.5) is 11.4 Å². The predicted molar refractivity (Wildman–Crippen MR) is 105 cm³/mol. The van der Waals surface area contributed by atoms with Crippen molar-refractivity contribution in [2.75, 3.05) is 10.6 Å². The molecule has 3 aromatic rings. The largest absolute Gasteiger partial charge is 0.332 e. The summed E-state index contributed by atoms with van der Waals surface area (Å²) in [5.74, 6) is -0.130. The monoisotopic (exact) mass is 367 g/mol. The molecule has 0 aliphatic heterocycles. The maximum Gasteiger partial charge on any atom is 0.195 e. The van der Waals surface area contributed by atoms with Crippen molar-refractivity contribution in [3.8, 4) is 0 Å². The van der Waals surface area contributed by atoms with Gasteiger partial charge in [0.2, 0.25) is 0 Å². The number of rotatable bonds is 4. The standard InChI is InChI=1S/C19H14ClN3OS/c20-14-8-9-17(23-19(25)22-15-7-4-10-21-12-15)16(11-14)18(24)13-5-2-1-3-6-13/h1-12H,(H2,22,23,25). The molecule has 2 N–H and O–H groups in total. The molecule has 0 saturated carbocycles. The highest BCUT2D eigenvalue weighted by molar-refractivity contribution is 7.80. The summed E-state index contributed by atoms with van der Waals surface area (Å²) in [6.07, 6.45) is 3.34. The summed E-state index contributed by atoms with van der Waals surface area (Å²) in [5, 5.41) is 6.92. The van der Waals surface area contributed by atoms with E-state index in [0.717, 1.165) is 5.69 Å². The molecule has 0 aliphatic carbocycles. The van der Waals surface area contributed by atoms with Gasteiger partial charge in [-0.3, -0.25) is 9.78 Å². The van der Waals surface area contributed by atoms with Gasteiger partial charge in [0.15, 0.2) is 10.9 Å². The molecule has 0 unspecified atom stereocenters. The minimum absolute atomic E-state index is 0.130. The van der Waals surface area contributed by atoms with Crippen LogP contribution >= 0.6 is 23.8 Å². The summed E-state index contributed by atoms with van der Waals surface area (Å²) in [6.45, 7) is 0. The maximum absolute atomic E-state index is 12.8. The number of carbonyl (C=O) groups excluding carboxylic acids is 1. The highest BCUT2D eigenvalue weighted by Gasteiger charge is 2.15. The molecule has 0 amide bonds. The number of thiocarbonyl (C=S) groups is 1. The van der Waals surface area contributed by atoms with E-state index in [1.165, 1.54) is 0 Å². The Morgan fingerprint density at radius 2 is 1.80 bits per heavy atom. The third-order valence-corrected chi connectivity index (χ3v) is 3.87. The fourth-order valence-corrected chi connectivity index (χ4v) is 2.68. The lowest BCUT2D eigenvalue weighted by atomic mass is 10.0. The zero-order chi connectivity index (χ0) is 17.6. The van der Waals surface area contributed by atoms with Crippen LogP contribution in [0.15, 0.2) is 73.1 Å². The van der Waals surface area contributed by atoms with Crippen molar-refractivity contribution in [1.29, 1.82) is 0 Å². The first-order valence-electron chi connectivity index (χ1n) is 7.51. The second-order valence-corrected chi connectivity index (χ2v) is 6.05. The van der Waals surface area contributed by atoms with Gasteiger partial charge < -0.3 is 10.6 Å². The lowest BCUT2D eigenvalue weighted by Crippen LogP contribution is -2.21. The van der Waals surface area contributed by atoms with E-state index >= 15 is 0 Å². The van der Waals surface area contributed by atoms with Crippen LogP contribution < -0.4 is 10.6 Å². The summed E-state index contributed by atoms with van der Waals surface area (Å²) < 4.78 is 0. The van der Waals surface area contributed by atoms with Crippen LogP contribution in [0.2, 0.25) is 5.02 Å². The van der Waals surface area contributed by atoms with E-state index in [1.54, 1.807) is 48.8 Å². The van der Waals surface area contributed by atoms with Gasteiger partial charge in [-0.15, -0.1) is 0 Å². The fourth-order valence-electron chi connectivity index (χ4n) is 2.28. The normalized spacial score (nSPS) is 10.1. The van der Waals surface area contributed by atoms with Crippen molar-refractivity contribution in [3.63, 3.8) is 0 Å². The molecular formula is C19H14ClN3OS. The van der Waals surface area contributed by atoms with Crippen molar-refractivity contribution in [2.24, 2.45) is 0 Å². The number of carbonyl (C=O) groups is 1. The van der Waals surface area contributed by atoms with E-state index in [4.69, 9.17) is 23.8 Å². The predicted octanol–water partition coefficient (Wildman–Crippen LogP) is 4.77. The molecule has 1 aromatic heterocycles. The van der Waals surface area contributed by atoms with Crippen LogP contribution in [-0.2, 0) is 0 Å². The van der Waals surface area contributed by atoms with Gasteiger partial charge in [-0.1, -0.05) is 41.9 Å². The molecule has 1 heterocycles. The van der Waals surface area contributed by atoms with Crippen molar-refractivity contribution >= 4 is 46.1 Å². The van der Waals surface area contributed by atoms with Gasteiger partial charge in [-0.2, -0.15) is 0 Å². The van der Waals surface area contributed by atoms with Gasteiger partial charge in [-0.05, 0) is 42.5 Å². The second-order valence-electron chi connectivity index (χ2n) is 5.21. The molecule has 124 valence electrons. The van der Waals surface area contributed by atoms with Crippen LogP contribution in [-0.4, -0.2) is 15.9 Å². The van der Waals surface area contributed by atoms with Crippen LogP contribution in [0.1, 0.15) is 15.9 Å². The molecule has 0 atom stereocenters. The molecule has 0 aliphatic rings. The molecule has 0 saturated heterocycles. The van der Waals surface area contributed by atoms with E-state index in [9.17, 15) is 4.79 Å². The van der Waals surface area contributed by atoms with Crippen LogP contribution in [0.25, 0.3) is 0 Å². The van der Waals surface area contributed by atoms with E-state index in [2.05, 4.69) is 15.6 Å². The number of hydrogen-bond acceptors (Lipinski definition) is 3. The first kappa shape index (κ1) is 17.1. The average Bonchev–Trinajstić information content (AvgIpc) is 2.64. The molecular weight excluding hydrogens is 354 g/mol. The topological polar surface area (TPSA) is 54.0 Å². The number of pyridine rings is 1. The molecule has 25 heavy (non-hydrogen) atoms. The van der Waals surface area contributed by atoms with E-state index < -0.39 is 0 Å². The Balaban J connectivity index is 1.84. The van der Waals surface area contributed by atoms with E-state index in [1.807, 2.05) is 24.3 Å². The molecule has 3 rings (SSSR count). The fraction of sp³-hybridized carbons (Fsp3) is 0. The number of halogens is 1. The zero-order valence-electron chi connectivity index (χ0n) is 13.1. The number of anilines is 2. The van der Waals surface area contributed by atoms with Crippen molar-refractivity contribution in [2.45, 2.75) is 0 Å². The third-order valence-electron chi connectivity index (χ3n) is 3.43. The Bertz CT molecular complexity index is 901. The number of benzene rings is 2. The zero-order valence-corrected chi connectivity index (χ0v) is 14.6. The summed E-state index contributed by atoms with van der Waals surface area (Å²) in [6, 6.07) is 17.7. The Hall–Kier alpha value is -2.76. The highest BCUT2D eigenvalue weighted by Crippen LogP contribution is 2.24. The van der Waals surface area contributed by atoms with Crippen LogP contribution in [0.3, 0.4) is 0 Å². The number of ketones is 1. The summed E-state index contributed by atoms with van der Waals surface area (Å²) in [7, 11) is 0. The van der Waals surface area contributed by atoms with Crippen LogP contribution in [0.5, 0.6) is 0 Å². The maximum atomic E-state index is 12.8. The summed E-state index contributed by atoms with van der Waals surface area (Å²) in [4.78, 5) is 16.8. The third kappa shape index (κ3) is 4.41. The quantitative estimate of drug-likeness (QED) is 0.513. The van der Waals surface area contributed by atoms with Crippen LogP contribution in [0, 0.1) is 0 Å². The lowest BCUT2D eigenvalue weighted by Gasteiger charge is -2.14. The van der Waals surface area contributed by atoms with Gasteiger partial charge in [0, 0.05) is 22.3 Å². The number of nitrogens with one attached hydrogen (secondary N) is 2. The summed E-state index contributed by atoms with van der Waals surface area (Å²) >= 11 is 11.4. The minimum Gasteiger partial charge on any atom is -0.332 e. The molecule has 0 bridgehead atoms. The summed E-state index contributed by atoms with van der Waals surface area (Å²) in [5.41, 5.74) is 2.37. The first-order chi connectivity index (χ1) is 12.1. The molecule has 0 spiro atoms. The Morgan fingerprint density at radius 3 is 2.52 bits per heavy atom. The molecule has 2 aromatic carbocycles. The Kier molecular flexibility index (Phi) is 5.38. The smallest absolute Gasteiger partial charge is 0.195 e. The molecule has 4 nitrogen and oxygen atoms in total. The van der Waals surface area contributed by atoms with Crippen molar-refractivity contribution in [3.05, 3.63) is 89.2 Å². The Morgan fingerprint density at radius 1 is 1.00 bits per heavy atom. The molecule has 6 heteroatoms. The van der Waals surface area contributed by atoms with Gasteiger partial charge in [-0.25, -0.2) is 0 Å². The highest BCUT2D eigenvalue weighted by atomic mass is 35.5. The lowest BCUT2D eigenvalue weighted by molar-refractivity contribution is 0.103. The minimum atomic E-state index is -0.130. The van der Waals surface area contributed by atoms with Crippen molar-refractivity contribution < 1.29 is 4.79 Å². The van der Waals surface area contributed by atoms with E-state index in [0.29, 0.717) is 26.9 Å². The number of nitrogens with zero attached hydrogens (tertiary/aromatic N) is 1. The molecule has 0 fully saturated rings. The first-order valence-corrected chi connectivity index (χ1v) is 8.29. The van der Waals surface area contributed by atoms with Gasteiger partial charge in [0.25, 0.3) is 0 Å². The number of hydrogen-bond donors (Lipinski definition) is 2. The SMILES string of the molecule is O=C(c1ccccc1)c1cc(Cl)ccc1NC(=S)Nc1cccnc1.